The lowest BCUT2D eigenvalue weighted by atomic mass is 10.1. The van der Waals surface area contributed by atoms with Crippen LogP contribution in [0.4, 0.5) is 0 Å². The molecule has 0 spiro atoms. The SMILES string of the molecule is COc1ccc(C=O)cc1Cn1cccc1C1=NC(c2ccccc2)CO1. The number of ether oxygens (including phenoxy) is 2. The van der Waals surface area contributed by atoms with Crippen molar-refractivity contribution in [2.45, 2.75) is 12.6 Å². The maximum Gasteiger partial charge on any atom is 0.234 e. The molecular weight excluding hydrogens is 340 g/mol. The van der Waals surface area contributed by atoms with Crippen molar-refractivity contribution in [2.24, 2.45) is 4.99 Å². The molecule has 5 heteroatoms. The van der Waals surface area contributed by atoms with E-state index in [9.17, 15) is 4.79 Å². The van der Waals surface area contributed by atoms with Crippen LogP contribution in [0.15, 0.2) is 71.9 Å². The summed E-state index contributed by atoms with van der Waals surface area (Å²) >= 11 is 0. The molecule has 1 aromatic heterocycles. The van der Waals surface area contributed by atoms with Crippen molar-refractivity contribution in [2.75, 3.05) is 13.7 Å². The number of carbonyl (C=O) groups excluding carboxylic acids is 1. The quantitative estimate of drug-likeness (QED) is 0.627. The van der Waals surface area contributed by atoms with Crippen molar-refractivity contribution in [3.05, 3.63) is 89.2 Å². The summed E-state index contributed by atoms with van der Waals surface area (Å²) < 4.78 is 13.4. The fourth-order valence-electron chi connectivity index (χ4n) is 3.28. The van der Waals surface area contributed by atoms with Crippen LogP contribution in [0, 0.1) is 0 Å². The van der Waals surface area contributed by atoms with Crippen LogP contribution in [0.1, 0.15) is 33.2 Å². The lowest BCUT2D eigenvalue weighted by molar-refractivity contribution is 0.112. The molecule has 5 nitrogen and oxygen atoms in total. The molecule has 0 amide bonds. The molecule has 0 saturated carbocycles. The Kier molecular flexibility index (Phi) is 4.75. The predicted octanol–water partition coefficient (Wildman–Crippen LogP) is 3.88. The first-order valence-electron chi connectivity index (χ1n) is 8.81. The number of aliphatic imine (C=N–C) groups is 1. The number of hydrogen-bond donors (Lipinski definition) is 0. The molecule has 136 valence electrons. The lowest BCUT2D eigenvalue weighted by Crippen LogP contribution is -2.11. The van der Waals surface area contributed by atoms with Gasteiger partial charge in [0, 0.05) is 17.3 Å². The summed E-state index contributed by atoms with van der Waals surface area (Å²) in [7, 11) is 1.63. The Hall–Kier alpha value is -3.34. The van der Waals surface area contributed by atoms with Gasteiger partial charge in [-0.15, -0.1) is 0 Å². The zero-order valence-electron chi connectivity index (χ0n) is 15.0. The molecule has 1 aliphatic heterocycles. The molecule has 0 saturated heterocycles. The zero-order chi connectivity index (χ0) is 18.6. The molecular formula is C22H20N2O3. The second kappa shape index (κ2) is 7.50. The third-order valence-electron chi connectivity index (χ3n) is 4.67. The number of aromatic nitrogens is 1. The van der Waals surface area contributed by atoms with Crippen LogP contribution >= 0.6 is 0 Å². The van der Waals surface area contributed by atoms with E-state index < -0.39 is 0 Å². The number of aldehydes is 1. The highest BCUT2D eigenvalue weighted by Crippen LogP contribution is 2.26. The Morgan fingerprint density at radius 3 is 2.81 bits per heavy atom. The summed E-state index contributed by atoms with van der Waals surface area (Å²) in [6.07, 6.45) is 2.82. The zero-order valence-corrected chi connectivity index (χ0v) is 15.0. The van der Waals surface area contributed by atoms with Crippen LogP contribution in [-0.4, -0.2) is 30.5 Å². The highest BCUT2D eigenvalue weighted by Gasteiger charge is 2.23. The van der Waals surface area contributed by atoms with Crippen molar-refractivity contribution in [3.63, 3.8) is 0 Å². The van der Waals surface area contributed by atoms with Crippen molar-refractivity contribution in [1.29, 1.82) is 0 Å². The maximum absolute atomic E-state index is 11.1. The minimum absolute atomic E-state index is 0.0116. The molecule has 4 rings (SSSR count). The molecule has 2 aromatic carbocycles. The van der Waals surface area contributed by atoms with Crippen LogP contribution in [0.2, 0.25) is 0 Å². The summed E-state index contributed by atoms with van der Waals surface area (Å²) in [5.41, 5.74) is 3.61. The van der Waals surface area contributed by atoms with E-state index in [0.29, 0.717) is 24.6 Å². The summed E-state index contributed by atoms with van der Waals surface area (Å²) in [6.45, 7) is 1.10. The average Bonchev–Trinajstić information content (AvgIpc) is 3.38. The molecule has 1 atom stereocenters. The van der Waals surface area contributed by atoms with Crippen molar-refractivity contribution in [1.82, 2.24) is 4.57 Å². The van der Waals surface area contributed by atoms with Gasteiger partial charge in [-0.3, -0.25) is 4.79 Å². The molecule has 1 unspecified atom stereocenters. The Morgan fingerprint density at radius 2 is 2.04 bits per heavy atom. The summed E-state index contributed by atoms with van der Waals surface area (Å²) in [4.78, 5) is 15.9. The first-order chi connectivity index (χ1) is 13.3. The molecule has 1 aliphatic rings. The van der Waals surface area contributed by atoms with Gasteiger partial charge in [-0.2, -0.15) is 0 Å². The monoisotopic (exact) mass is 360 g/mol. The normalized spacial score (nSPS) is 15.9. The van der Waals surface area contributed by atoms with E-state index >= 15 is 0 Å². The molecule has 0 aliphatic carbocycles. The van der Waals surface area contributed by atoms with Crippen LogP contribution in [0.25, 0.3) is 0 Å². The first-order valence-corrected chi connectivity index (χ1v) is 8.81. The fourth-order valence-corrected chi connectivity index (χ4v) is 3.28. The van der Waals surface area contributed by atoms with Crippen LogP contribution in [0.5, 0.6) is 5.75 Å². The van der Waals surface area contributed by atoms with E-state index in [1.165, 1.54) is 0 Å². The third kappa shape index (κ3) is 3.49. The number of carbonyl (C=O) groups is 1. The Morgan fingerprint density at radius 1 is 1.19 bits per heavy atom. The molecule has 0 fully saturated rings. The van der Waals surface area contributed by atoms with E-state index in [1.807, 2.05) is 48.7 Å². The fraction of sp³-hybridized carbons (Fsp3) is 0.182. The van der Waals surface area contributed by atoms with Crippen LogP contribution in [-0.2, 0) is 11.3 Å². The van der Waals surface area contributed by atoms with Crippen molar-refractivity contribution >= 4 is 12.2 Å². The van der Waals surface area contributed by atoms with Gasteiger partial charge in [0.1, 0.15) is 30.4 Å². The van der Waals surface area contributed by atoms with E-state index in [0.717, 1.165) is 28.9 Å². The van der Waals surface area contributed by atoms with E-state index in [-0.39, 0.29) is 6.04 Å². The van der Waals surface area contributed by atoms with Crippen molar-refractivity contribution in [3.8, 4) is 5.75 Å². The van der Waals surface area contributed by atoms with E-state index in [2.05, 4.69) is 16.7 Å². The number of hydrogen-bond acceptors (Lipinski definition) is 4. The molecule has 27 heavy (non-hydrogen) atoms. The van der Waals surface area contributed by atoms with Gasteiger partial charge in [0.15, 0.2) is 0 Å². The van der Waals surface area contributed by atoms with Gasteiger partial charge >= 0.3 is 0 Å². The number of methoxy groups -OCH3 is 1. The molecule has 3 aromatic rings. The van der Waals surface area contributed by atoms with E-state index in [4.69, 9.17) is 14.5 Å². The number of nitrogens with zero attached hydrogens (tertiary/aromatic N) is 2. The first kappa shape index (κ1) is 17.1. The van der Waals surface area contributed by atoms with Gasteiger partial charge < -0.3 is 14.0 Å². The third-order valence-corrected chi connectivity index (χ3v) is 4.67. The summed E-state index contributed by atoms with van der Waals surface area (Å²) in [5.74, 6) is 1.39. The lowest BCUT2D eigenvalue weighted by Gasteiger charge is -2.13. The standard InChI is InChI=1S/C22H20N2O3/c1-26-21-10-9-16(14-25)12-18(21)13-24-11-5-8-20(24)22-23-19(15-27-22)17-6-3-2-4-7-17/h2-12,14,19H,13,15H2,1H3. The van der Waals surface area contributed by atoms with Gasteiger partial charge in [0.05, 0.1) is 13.7 Å². The predicted molar refractivity (Wildman–Crippen MR) is 104 cm³/mol. The molecule has 0 radical (unpaired) electrons. The molecule has 2 heterocycles. The highest BCUT2D eigenvalue weighted by molar-refractivity contribution is 5.93. The van der Waals surface area contributed by atoms with Crippen LogP contribution < -0.4 is 4.74 Å². The number of rotatable bonds is 6. The topological polar surface area (TPSA) is 52.8 Å². The van der Waals surface area contributed by atoms with Gasteiger partial charge in [0.25, 0.3) is 0 Å². The Labute approximate surface area is 157 Å². The molecule has 0 N–H and O–H groups in total. The largest absolute Gasteiger partial charge is 0.496 e. The minimum Gasteiger partial charge on any atom is -0.496 e. The summed E-state index contributed by atoms with van der Waals surface area (Å²) in [5, 5.41) is 0. The maximum atomic E-state index is 11.1. The van der Waals surface area contributed by atoms with Crippen molar-refractivity contribution < 1.29 is 14.3 Å². The smallest absolute Gasteiger partial charge is 0.234 e. The highest BCUT2D eigenvalue weighted by atomic mass is 16.5. The molecule has 0 bridgehead atoms. The van der Waals surface area contributed by atoms with E-state index in [1.54, 1.807) is 13.2 Å². The van der Waals surface area contributed by atoms with Gasteiger partial charge in [-0.1, -0.05) is 30.3 Å². The average molecular weight is 360 g/mol. The Bertz CT molecular complexity index is 976. The second-order valence-electron chi connectivity index (χ2n) is 6.38. The number of benzene rings is 2. The Balaban J connectivity index is 1.62. The van der Waals surface area contributed by atoms with Gasteiger partial charge in [-0.05, 0) is 35.9 Å². The van der Waals surface area contributed by atoms with Gasteiger partial charge in [-0.25, -0.2) is 4.99 Å². The second-order valence-corrected chi connectivity index (χ2v) is 6.38. The van der Waals surface area contributed by atoms with Crippen LogP contribution in [0.3, 0.4) is 0 Å². The summed E-state index contributed by atoms with van der Waals surface area (Å²) in [6, 6.07) is 19.5. The van der Waals surface area contributed by atoms with Gasteiger partial charge in [0.2, 0.25) is 5.90 Å². The minimum atomic E-state index is 0.0116.